The van der Waals surface area contributed by atoms with Gasteiger partial charge >= 0.3 is 0 Å². The fourth-order valence-electron chi connectivity index (χ4n) is 4.66. The predicted octanol–water partition coefficient (Wildman–Crippen LogP) is 10.2. The molecule has 32 heavy (non-hydrogen) atoms. The van der Waals surface area contributed by atoms with Crippen molar-refractivity contribution < 1.29 is 0 Å². The van der Waals surface area contributed by atoms with Gasteiger partial charge in [-0.3, -0.25) is 0 Å². The second kappa shape index (κ2) is 23.2. The van der Waals surface area contributed by atoms with E-state index in [-0.39, 0.29) is 0 Å². The fourth-order valence-corrected chi connectivity index (χ4v) is 4.66. The molecule has 0 N–H and O–H groups in total. The zero-order chi connectivity index (χ0) is 23.0. The Morgan fingerprint density at radius 2 is 0.688 bits per heavy atom. The lowest BCUT2D eigenvalue weighted by Crippen LogP contribution is -1.97. The molecule has 0 radical (unpaired) electrons. The highest BCUT2D eigenvalue weighted by Gasteiger charge is 2.01. The van der Waals surface area contributed by atoms with Gasteiger partial charge in [0, 0.05) is 11.4 Å². The van der Waals surface area contributed by atoms with Gasteiger partial charge in [0.15, 0.2) is 0 Å². The van der Waals surface area contributed by atoms with Crippen LogP contribution in [0.3, 0.4) is 0 Å². The molecule has 1 heterocycles. The average Bonchev–Trinajstić information content (AvgIpc) is 2.81. The Labute approximate surface area is 201 Å². The minimum absolute atomic E-state index is 1.13. The van der Waals surface area contributed by atoms with E-state index >= 15 is 0 Å². The summed E-state index contributed by atoms with van der Waals surface area (Å²) in [5.41, 5.74) is 2.52. The maximum absolute atomic E-state index is 4.52. The van der Waals surface area contributed by atoms with Crippen molar-refractivity contribution >= 4 is 0 Å². The largest absolute Gasteiger partial charge is 0.241 e. The van der Waals surface area contributed by atoms with Crippen LogP contribution in [0.1, 0.15) is 166 Å². The monoisotopic (exact) mass is 444 g/mol. The van der Waals surface area contributed by atoms with Gasteiger partial charge in [-0.05, 0) is 31.7 Å². The summed E-state index contributed by atoms with van der Waals surface area (Å²) >= 11 is 0. The highest BCUT2D eigenvalue weighted by Crippen LogP contribution is 2.14. The standard InChI is InChI=1S/C30H56N2/c1-3-5-7-9-11-13-15-17-19-21-23-25-29-27-30(32-28-31-29)26-24-22-20-18-16-14-12-10-8-6-4-2/h27-28H,3-26H2,1-2H3. The van der Waals surface area contributed by atoms with Gasteiger partial charge in [-0.1, -0.05) is 142 Å². The Bertz CT molecular complexity index is 458. The molecule has 0 amide bonds. The maximum atomic E-state index is 4.52. The van der Waals surface area contributed by atoms with Crippen LogP contribution >= 0.6 is 0 Å². The summed E-state index contributed by atoms with van der Waals surface area (Å²) in [4.78, 5) is 9.03. The third kappa shape index (κ3) is 18.6. The molecule has 2 nitrogen and oxygen atoms in total. The van der Waals surface area contributed by atoms with Crippen LogP contribution in [0.15, 0.2) is 12.4 Å². The first-order valence-corrected chi connectivity index (χ1v) is 14.7. The van der Waals surface area contributed by atoms with Crippen LogP contribution in [0.25, 0.3) is 0 Å². The van der Waals surface area contributed by atoms with Crippen LogP contribution in [0.4, 0.5) is 0 Å². The van der Waals surface area contributed by atoms with Gasteiger partial charge in [0.2, 0.25) is 0 Å². The van der Waals surface area contributed by atoms with Gasteiger partial charge in [0.05, 0.1) is 0 Å². The average molecular weight is 445 g/mol. The van der Waals surface area contributed by atoms with E-state index in [9.17, 15) is 0 Å². The summed E-state index contributed by atoms with van der Waals surface area (Å²) in [6.45, 7) is 4.59. The number of hydrogen-bond donors (Lipinski definition) is 0. The van der Waals surface area contributed by atoms with E-state index in [2.05, 4.69) is 29.9 Å². The molecule has 0 spiro atoms. The van der Waals surface area contributed by atoms with Crippen molar-refractivity contribution in [2.75, 3.05) is 0 Å². The maximum Gasteiger partial charge on any atom is 0.115 e. The van der Waals surface area contributed by atoms with Crippen LogP contribution in [-0.4, -0.2) is 9.97 Å². The minimum atomic E-state index is 1.13. The van der Waals surface area contributed by atoms with Crippen molar-refractivity contribution in [1.82, 2.24) is 9.97 Å². The Balaban J connectivity index is 1.94. The molecule has 0 aliphatic rings. The third-order valence-electron chi connectivity index (χ3n) is 6.85. The van der Waals surface area contributed by atoms with Crippen LogP contribution < -0.4 is 0 Å². The normalized spacial score (nSPS) is 11.3. The molecule has 0 aliphatic heterocycles. The van der Waals surface area contributed by atoms with E-state index in [1.807, 2.05) is 0 Å². The molecular formula is C30H56N2. The van der Waals surface area contributed by atoms with E-state index in [0.29, 0.717) is 0 Å². The highest BCUT2D eigenvalue weighted by atomic mass is 14.8. The lowest BCUT2D eigenvalue weighted by Gasteiger charge is -2.05. The molecule has 0 unspecified atom stereocenters. The van der Waals surface area contributed by atoms with Crippen molar-refractivity contribution in [3.05, 3.63) is 23.8 Å². The summed E-state index contributed by atoms with van der Waals surface area (Å²) in [6.07, 6.45) is 34.9. The number of aryl methyl sites for hydroxylation is 2. The molecule has 0 bridgehead atoms. The van der Waals surface area contributed by atoms with Gasteiger partial charge in [-0.15, -0.1) is 0 Å². The second-order valence-electron chi connectivity index (χ2n) is 10.1. The van der Waals surface area contributed by atoms with E-state index in [0.717, 1.165) is 12.8 Å². The van der Waals surface area contributed by atoms with Gasteiger partial charge in [0.1, 0.15) is 6.33 Å². The van der Waals surface area contributed by atoms with Crippen molar-refractivity contribution in [2.45, 2.75) is 168 Å². The summed E-state index contributed by atoms with van der Waals surface area (Å²) in [6, 6.07) is 2.27. The Morgan fingerprint density at radius 1 is 0.406 bits per heavy atom. The van der Waals surface area contributed by atoms with Crippen molar-refractivity contribution in [2.24, 2.45) is 0 Å². The van der Waals surface area contributed by atoms with Gasteiger partial charge in [-0.25, -0.2) is 9.97 Å². The first kappa shape index (κ1) is 29.1. The number of nitrogens with zero attached hydrogens (tertiary/aromatic N) is 2. The number of unbranched alkanes of at least 4 members (excludes halogenated alkanes) is 20. The van der Waals surface area contributed by atoms with Crippen LogP contribution in [-0.2, 0) is 12.8 Å². The van der Waals surface area contributed by atoms with Gasteiger partial charge in [-0.2, -0.15) is 0 Å². The van der Waals surface area contributed by atoms with Gasteiger partial charge < -0.3 is 0 Å². The zero-order valence-electron chi connectivity index (χ0n) is 22.0. The molecule has 0 saturated carbocycles. The van der Waals surface area contributed by atoms with E-state index in [1.54, 1.807) is 6.33 Å². The minimum Gasteiger partial charge on any atom is -0.241 e. The fraction of sp³-hybridized carbons (Fsp3) is 0.867. The first-order valence-electron chi connectivity index (χ1n) is 14.7. The van der Waals surface area contributed by atoms with Crippen LogP contribution in [0.2, 0.25) is 0 Å². The molecular weight excluding hydrogens is 388 g/mol. The molecule has 2 heteroatoms. The van der Waals surface area contributed by atoms with E-state index in [4.69, 9.17) is 0 Å². The topological polar surface area (TPSA) is 25.8 Å². The van der Waals surface area contributed by atoms with Crippen molar-refractivity contribution in [3.63, 3.8) is 0 Å². The first-order chi connectivity index (χ1) is 15.9. The van der Waals surface area contributed by atoms with E-state index in [1.165, 1.54) is 153 Å². The second-order valence-corrected chi connectivity index (χ2v) is 10.1. The van der Waals surface area contributed by atoms with Gasteiger partial charge in [0.25, 0.3) is 0 Å². The highest BCUT2D eigenvalue weighted by molar-refractivity contribution is 5.08. The molecule has 0 aromatic carbocycles. The Hall–Kier alpha value is -0.920. The zero-order valence-corrected chi connectivity index (χ0v) is 22.0. The number of aromatic nitrogens is 2. The summed E-state index contributed by atoms with van der Waals surface area (Å²) < 4.78 is 0. The molecule has 0 saturated heterocycles. The smallest absolute Gasteiger partial charge is 0.115 e. The SMILES string of the molecule is CCCCCCCCCCCCCc1cc(CCCCCCCCCCCCC)ncn1. The molecule has 0 atom stereocenters. The summed E-state index contributed by atoms with van der Waals surface area (Å²) in [5, 5.41) is 0. The Morgan fingerprint density at radius 3 is 1.00 bits per heavy atom. The van der Waals surface area contributed by atoms with E-state index < -0.39 is 0 Å². The summed E-state index contributed by atoms with van der Waals surface area (Å²) in [7, 11) is 0. The van der Waals surface area contributed by atoms with Crippen molar-refractivity contribution in [1.29, 1.82) is 0 Å². The molecule has 1 rings (SSSR count). The molecule has 0 aliphatic carbocycles. The Kier molecular flexibility index (Phi) is 21.1. The lowest BCUT2D eigenvalue weighted by atomic mass is 10.0. The van der Waals surface area contributed by atoms with Crippen LogP contribution in [0.5, 0.6) is 0 Å². The molecule has 0 fully saturated rings. The molecule has 1 aromatic heterocycles. The quantitative estimate of drug-likeness (QED) is 0.148. The predicted molar refractivity (Wildman–Crippen MR) is 142 cm³/mol. The van der Waals surface area contributed by atoms with Crippen LogP contribution in [0, 0.1) is 0 Å². The van der Waals surface area contributed by atoms with Crippen molar-refractivity contribution in [3.8, 4) is 0 Å². The lowest BCUT2D eigenvalue weighted by molar-refractivity contribution is 0.547. The number of hydrogen-bond acceptors (Lipinski definition) is 2. The summed E-state index contributed by atoms with van der Waals surface area (Å²) in [5.74, 6) is 0. The third-order valence-corrected chi connectivity index (χ3v) is 6.85. The molecule has 186 valence electrons. The molecule has 1 aromatic rings. The number of rotatable bonds is 24.